The molecule has 2 aromatic rings. The number of aliphatic hydroxyl groups is 1. The Kier molecular flexibility index (Phi) is 44.5. The SMILES string of the molecule is CCC(C)[C@H](NC(=O)[C@H](CCCCN)NC(=O)[C@H](Cc1cnc[nH]1)NC(=O)[C@H](CCCCN)NC(=O)[C@H](CCC(=O)O)NC(C)=O)C(=O)NC(C(=O)N[C@H]1CCC(=O)NCCC[C@@H](C(=O)N[C@@H](CC(=O)O)C(=O)N[C@@H](CO)C(=O)O)NC(=O)[C@H](CC(C)C)NC(=O)[C@H](CC(C)C)NC(=O)[C@H](CCCN=C(N)N)NC1=O)c1cc(F)ccc1F. The highest BCUT2D eigenvalue weighted by Crippen LogP contribution is 2.23. The summed E-state index contributed by atoms with van der Waals surface area (Å²) in [6.07, 6.45) is -1.52. The number of amides is 14. The lowest BCUT2D eigenvalue weighted by atomic mass is 9.96. The second kappa shape index (κ2) is 52.2. The van der Waals surface area contributed by atoms with Gasteiger partial charge in [-0.2, -0.15) is 0 Å². The normalized spacial score (nSPS) is 18.7. The zero-order valence-corrected chi connectivity index (χ0v) is 67.3. The minimum absolute atomic E-state index is 0.0641. The predicted molar refractivity (Wildman–Crippen MR) is 418 cm³/mol. The van der Waals surface area contributed by atoms with Gasteiger partial charge in [0, 0.05) is 56.7 Å². The maximum atomic E-state index is 16.4. The van der Waals surface area contributed by atoms with Crippen molar-refractivity contribution in [1.82, 2.24) is 84.4 Å². The molecular formula is C74H117F2N21O21. The smallest absolute Gasteiger partial charge is 0.328 e. The van der Waals surface area contributed by atoms with E-state index in [0.29, 0.717) is 24.6 Å². The van der Waals surface area contributed by atoms with E-state index < -0.39 is 247 Å². The summed E-state index contributed by atoms with van der Waals surface area (Å²) in [6, 6.07) is -20.5. The van der Waals surface area contributed by atoms with Gasteiger partial charge in [-0.1, -0.05) is 48.0 Å². The molecule has 14 amide bonds. The van der Waals surface area contributed by atoms with Gasteiger partial charge in [0.1, 0.15) is 90.2 Å². The molecule has 1 aromatic heterocycles. The largest absolute Gasteiger partial charge is 0.481 e. The third-order valence-electron chi connectivity index (χ3n) is 18.7. The number of carbonyl (C=O) groups excluding carboxylic acids is 14. The Hall–Kier alpha value is -11.6. The number of carbonyl (C=O) groups is 17. The molecule has 0 saturated carbocycles. The number of rotatable bonds is 45. The number of aliphatic carboxylic acids is 3. The number of nitrogens with two attached hydrogens (primary N) is 4. The summed E-state index contributed by atoms with van der Waals surface area (Å²) in [5.74, 6) is -24.1. The zero-order valence-electron chi connectivity index (χ0n) is 67.3. The van der Waals surface area contributed by atoms with Crippen LogP contribution in [0.4, 0.5) is 8.78 Å². The van der Waals surface area contributed by atoms with Crippen molar-refractivity contribution in [3.63, 3.8) is 0 Å². The van der Waals surface area contributed by atoms with Crippen LogP contribution in [-0.4, -0.2) is 242 Å². The van der Waals surface area contributed by atoms with Gasteiger partial charge in [0.05, 0.1) is 19.4 Å². The first-order chi connectivity index (χ1) is 55.7. The number of aromatic amines is 1. The summed E-state index contributed by atoms with van der Waals surface area (Å²) in [5.41, 5.74) is 22.2. The summed E-state index contributed by atoms with van der Waals surface area (Å²) in [7, 11) is 0. The van der Waals surface area contributed by atoms with Crippen LogP contribution in [0.2, 0.25) is 0 Å². The predicted octanol–water partition coefficient (Wildman–Crippen LogP) is -4.52. The Morgan fingerprint density at radius 1 is 0.610 bits per heavy atom. The molecule has 27 N–H and O–H groups in total. The molecule has 1 aliphatic heterocycles. The van der Waals surface area contributed by atoms with E-state index in [9.17, 15) is 87.5 Å². The van der Waals surface area contributed by atoms with Gasteiger partial charge >= 0.3 is 17.9 Å². The van der Waals surface area contributed by atoms with Crippen LogP contribution in [0, 0.1) is 29.4 Å². The van der Waals surface area contributed by atoms with Crippen molar-refractivity contribution in [3.05, 3.63) is 53.6 Å². The number of nitrogens with one attached hydrogen (secondary N) is 15. The molecule has 118 heavy (non-hydrogen) atoms. The first kappa shape index (κ1) is 101. The van der Waals surface area contributed by atoms with Crippen molar-refractivity contribution in [2.24, 2.45) is 45.7 Å². The third kappa shape index (κ3) is 36.7. The number of H-pyrrole nitrogens is 1. The van der Waals surface area contributed by atoms with Crippen molar-refractivity contribution in [3.8, 4) is 0 Å². The lowest BCUT2D eigenvalue weighted by Crippen LogP contribution is -2.61. The molecule has 0 radical (unpaired) electrons. The topological polar surface area (TPSA) is 685 Å². The van der Waals surface area contributed by atoms with E-state index in [0.717, 1.165) is 6.92 Å². The van der Waals surface area contributed by atoms with Crippen LogP contribution in [0.3, 0.4) is 0 Å². The molecule has 14 atom stereocenters. The number of imidazole rings is 1. The van der Waals surface area contributed by atoms with Crippen molar-refractivity contribution in [2.75, 3.05) is 32.8 Å². The van der Waals surface area contributed by atoms with Crippen LogP contribution in [0.1, 0.15) is 181 Å². The highest BCUT2D eigenvalue weighted by molar-refractivity contribution is 6.01. The summed E-state index contributed by atoms with van der Waals surface area (Å²) in [5, 5.41) is 72.6. The molecule has 42 nitrogen and oxygen atoms in total. The number of aliphatic hydroxyl groups excluding tert-OH is 1. The number of aromatic nitrogens is 2. The summed E-state index contributed by atoms with van der Waals surface area (Å²) in [6.45, 7) is 9.58. The number of halogens is 2. The summed E-state index contributed by atoms with van der Waals surface area (Å²) >= 11 is 0. The van der Waals surface area contributed by atoms with Gasteiger partial charge in [-0.05, 0) is 139 Å². The highest BCUT2D eigenvalue weighted by Gasteiger charge is 2.40. The Labute approximate surface area is 680 Å². The maximum Gasteiger partial charge on any atom is 0.328 e. The van der Waals surface area contributed by atoms with Crippen LogP contribution in [0.5, 0.6) is 0 Å². The number of nitrogens with zero attached hydrogens (tertiary/aromatic N) is 2. The number of aliphatic imine (C=N–C) groups is 1. The van der Waals surface area contributed by atoms with Crippen molar-refractivity contribution in [1.29, 1.82) is 0 Å². The van der Waals surface area contributed by atoms with Crippen LogP contribution in [0.25, 0.3) is 0 Å². The summed E-state index contributed by atoms with van der Waals surface area (Å²) < 4.78 is 31.9. The van der Waals surface area contributed by atoms with Crippen molar-refractivity contribution < 1.29 is 111 Å². The van der Waals surface area contributed by atoms with Gasteiger partial charge < -0.3 is 123 Å². The van der Waals surface area contributed by atoms with Gasteiger partial charge in [-0.15, -0.1) is 0 Å². The molecule has 1 fully saturated rings. The van der Waals surface area contributed by atoms with E-state index in [1.807, 2.05) is 5.32 Å². The minimum Gasteiger partial charge on any atom is -0.481 e. The van der Waals surface area contributed by atoms with Gasteiger partial charge in [0.2, 0.25) is 82.7 Å². The fourth-order valence-corrected chi connectivity index (χ4v) is 12.2. The first-order valence-corrected chi connectivity index (χ1v) is 39.1. The van der Waals surface area contributed by atoms with Crippen molar-refractivity contribution in [2.45, 2.75) is 249 Å². The average molecular weight is 1670 g/mol. The first-order valence-electron chi connectivity index (χ1n) is 39.1. The second-order valence-electron chi connectivity index (χ2n) is 29.5. The van der Waals surface area contributed by atoms with E-state index in [4.69, 9.17) is 22.9 Å². The molecule has 2 unspecified atom stereocenters. The molecule has 658 valence electrons. The number of hydrogen-bond donors (Lipinski definition) is 23. The van der Waals surface area contributed by atoms with E-state index in [2.05, 4.69) is 84.1 Å². The van der Waals surface area contributed by atoms with Gasteiger partial charge in [-0.3, -0.25) is 81.7 Å². The monoisotopic (exact) mass is 1670 g/mol. The molecule has 0 aliphatic carbocycles. The number of unbranched alkanes of at least 4 members (excludes halogenated alkanes) is 2. The number of benzene rings is 1. The van der Waals surface area contributed by atoms with Crippen molar-refractivity contribution >= 4 is 107 Å². The van der Waals surface area contributed by atoms with Gasteiger partial charge in [0.25, 0.3) is 0 Å². The number of guanidine groups is 1. The van der Waals surface area contributed by atoms with E-state index in [1.54, 1.807) is 34.6 Å². The molecule has 0 spiro atoms. The van der Waals surface area contributed by atoms with Crippen LogP contribution < -0.4 is 97.4 Å². The Balaban J connectivity index is 2.22. The molecule has 2 heterocycles. The van der Waals surface area contributed by atoms with E-state index in [1.165, 1.54) is 19.4 Å². The second-order valence-corrected chi connectivity index (χ2v) is 29.5. The average Bonchev–Trinajstić information content (AvgIpc) is 1.08. The summed E-state index contributed by atoms with van der Waals surface area (Å²) in [4.78, 5) is 246. The Morgan fingerprint density at radius 3 is 1.68 bits per heavy atom. The molecule has 1 aliphatic rings. The quantitative estimate of drug-likeness (QED) is 0.0169. The molecule has 1 saturated heterocycles. The molecule has 44 heteroatoms. The fraction of sp³-hybridized carbons (Fsp3) is 0.635. The van der Waals surface area contributed by atoms with Gasteiger partial charge in [-0.25, -0.2) is 18.6 Å². The fourth-order valence-electron chi connectivity index (χ4n) is 12.2. The van der Waals surface area contributed by atoms with E-state index >= 15 is 23.2 Å². The van der Waals surface area contributed by atoms with Crippen LogP contribution >= 0.6 is 0 Å². The van der Waals surface area contributed by atoms with E-state index in [-0.39, 0.29) is 127 Å². The lowest BCUT2D eigenvalue weighted by Gasteiger charge is -2.30. The Morgan fingerprint density at radius 2 is 1.15 bits per heavy atom. The number of carboxylic acid groups (broad SMARTS) is 3. The Bertz CT molecular complexity index is 3780. The minimum atomic E-state index is -2.35. The standard InChI is InChI=1S/C74H117F2N21O21/c1-8-39(6)59(96-66(110)46(16-10-12-26-78)88-69(113)53(32-42-34-81-36-84-42)93-61(105)45(15-9-11-25-77)86-64(108)49(85-40(7)99)22-24-57(101)102)71(115)97-60(43-31-41(75)19-20-44(43)76)72(116)90-50-21-23-56(100)82-27-13-17-48(63(107)94-54(33-58(103)104)70(114)95-55(35-98)73(117)118)89-67(111)51(29-37(2)3)92-68(112)52(30-38(4)5)91-62(106)47(87-65(50)109)18-14-28-83-74(79)80/h19-20,31,34,36-39,45-55,59-60,98H,8-18,21-30,32-33,35,77-78H2,1-7H3,(H,81,84)(H,82,100)(H,85,99)(H,86,108)(H,87,109)(H,88,113)(H,89,111)(H,90,116)(H,91,106)(H,92,112)(H,93,105)(H,94,107)(H,95,114)(H,96,110)(H,97,115)(H,101,102)(H,103,104)(H,117,118)(H4,79,80,83)/t39?,45-,46-,47-,48-,49-,50-,51-,52-,53-,54-,55-,59-,60?/m0/s1. The van der Waals surface area contributed by atoms with Crippen LogP contribution in [0.15, 0.2) is 35.7 Å². The van der Waals surface area contributed by atoms with Gasteiger partial charge in [0.15, 0.2) is 5.96 Å². The molecular weight excluding hydrogens is 1560 g/mol. The number of carboxylic acids is 3. The molecule has 0 bridgehead atoms. The molecule has 3 rings (SSSR count). The highest BCUT2D eigenvalue weighted by atomic mass is 19.1. The molecule has 1 aromatic carbocycles. The third-order valence-corrected chi connectivity index (χ3v) is 18.7. The lowest BCUT2D eigenvalue weighted by molar-refractivity contribution is -0.144. The maximum absolute atomic E-state index is 16.4. The number of hydrogen-bond acceptors (Lipinski definition) is 22. The van der Waals surface area contributed by atoms with Crippen LogP contribution in [-0.2, 0) is 87.9 Å². The zero-order chi connectivity index (χ0) is 88.5.